The summed E-state index contributed by atoms with van der Waals surface area (Å²) in [4.78, 5) is 66.2. The zero-order valence-corrected chi connectivity index (χ0v) is 27.1. The molecule has 2 aliphatic heterocycles. The molecular formula is C27H26N10O8S3. The summed E-state index contributed by atoms with van der Waals surface area (Å²) >= 11 is 3.40. The summed E-state index contributed by atoms with van der Waals surface area (Å²) in [6, 6.07) is 8.11. The van der Waals surface area contributed by atoms with Crippen LogP contribution in [0.2, 0.25) is 0 Å². The Bertz CT molecular complexity index is 1810. The van der Waals surface area contributed by atoms with Gasteiger partial charge in [-0.05, 0) is 21.6 Å². The lowest BCUT2D eigenvalue weighted by molar-refractivity contribution is -0.150. The third-order valence-corrected chi connectivity index (χ3v) is 9.59. The summed E-state index contributed by atoms with van der Waals surface area (Å²) < 4.78 is 1.17. The number of aliphatic carboxylic acids is 2. The Morgan fingerprint density at radius 2 is 2.00 bits per heavy atom. The molecule has 2 aromatic heterocycles. The molecule has 0 bridgehead atoms. The van der Waals surface area contributed by atoms with Crippen molar-refractivity contribution in [2.45, 2.75) is 29.7 Å². The van der Waals surface area contributed by atoms with Crippen molar-refractivity contribution in [3.8, 4) is 0 Å². The number of β-lactam (4-membered cyclic amide) rings is 1. The number of nitrogens with two attached hydrogens (primary N) is 1. The fourth-order valence-corrected chi connectivity index (χ4v) is 7.26. The molecule has 0 aliphatic carbocycles. The van der Waals surface area contributed by atoms with Gasteiger partial charge in [-0.15, -0.1) is 28.2 Å². The molecular weight excluding hydrogens is 689 g/mol. The maximum Gasteiger partial charge on any atom is 0.355 e. The maximum absolute atomic E-state index is 13.4. The van der Waals surface area contributed by atoms with E-state index in [-0.39, 0.29) is 64.4 Å². The largest absolute Gasteiger partial charge is 0.477 e. The molecule has 0 spiro atoms. The van der Waals surface area contributed by atoms with Crippen molar-refractivity contribution < 1.29 is 39.1 Å². The summed E-state index contributed by atoms with van der Waals surface area (Å²) in [5.74, 6) is -3.78. The van der Waals surface area contributed by atoms with Crippen LogP contribution in [0.3, 0.4) is 0 Å². The van der Waals surface area contributed by atoms with Gasteiger partial charge in [-0.1, -0.05) is 65.1 Å². The SMILES string of the molecule is C=CCON=C(Cn1nnnc1SCC1=C(C(=O)O)N2C(=O)C(NC(=O)C(=NOCc3ccccc3)c3csc(N)n3)[C@H]2SC1)C(=O)O. The van der Waals surface area contributed by atoms with Crippen molar-refractivity contribution >= 4 is 75.2 Å². The number of amides is 2. The molecule has 5 N–H and O–H groups in total. The van der Waals surface area contributed by atoms with Crippen LogP contribution >= 0.6 is 34.9 Å². The van der Waals surface area contributed by atoms with Crippen molar-refractivity contribution in [1.82, 2.24) is 35.4 Å². The summed E-state index contributed by atoms with van der Waals surface area (Å²) in [5.41, 5.74) is 6.34. The van der Waals surface area contributed by atoms with Crippen LogP contribution in [0.25, 0.3) is 0 Å². The normalized spacial score (nSPS) is 17.8. The number of fused-ring (bicyclic) bond motifs is 1. The van der Waals surface area contributed by atoms with Gasteiger partial charge in [-0.2, -0.15) is 0 Å². The van der Waals surface area contributed by atoms with Gasteiger partial charge in [-0.3, -0.25) is 14.5 Å². The molecule has 1 aromatic carbocycles. The topological polar surface area (TPSA) is 250 Å². The van der Waals surface area contributed by atoms with Gasteiger partial charge in [-0.25, -0.2) is 19.3 Å². The molecule has 21 heteroatoms. The Labute approximate surface area is 283 Å². The Balaban J connectivity index is 1.27. The number of carbonyl (C=O) groups excluding carboxylic acids is 2. The number of thioether (sulfide) groups is 2. The third-order valence-electron chi connectivity index (χ3n) is 6.53. The number of carboxylic acid groups (broad SMARTS) is 2. The highest BCUT2D eigenvalue weighted by Crippen LogP contribution is 2.41. The molecule has 4 heterocycles. The second kappa shape index (κ2) is 15.5. The molecule has 250 valence electrons. The number of oxime groups is 2. The molecule has 0 saturated carbocycles. The molecule has 0 radical (unpaired) electrons. The van der Waals surface area contributed by atoms with Crippen molar-refractivity contribution in [1.29, 1.82) is 0 Å². The number of nitrogen functional groups attached to an aromatic ring is 1. The minimum atomic E-state index is -1.34. The van der Waals surface area contributed by atoms with E-state index in [4.69, 9.17) is 15.4 Å². The number of hydrogen-bond donors (Lipinski definition) is 4. The van der Waals surface area contributed by atoms with Crippen LogP contribution in [-0.2, 0) is 42.0 Å². The van der Waals surface area contributed by atoms with Crippen LogP contribution in [0.15, 0.2) is 75.1 Å². The fourth-order valence-electron chi connectivity index (χ4n) is 4.35. The van der Waals surface area contributed by atoms with E-state index in [9.17, 15) is 29.4 Å². The minimum Gasteiger partial charge on any atom is -0.477 e. The van der Waals surface area contributed by atoms with Gasteiger partial charge in [0.25, 0.3) is 11.8 Å². The number of rotatable bonds is 16. The molecule has 1 fully saturated rings. The molecule has 48 heavy (non-hydrogen) atoms. The first-order valence-electron chi connectivity index (χ1n) is 13.8. The van der Waals surface area contributed by atoms with Gasteiger partial charge in [0.05, 0.1) is 6.54 Å². The first-order chi connectivity index (χ1) is 23.2. The van der Waals surface area contributed by atoms with Gasteiger partial charge in [0.2, 0.25) is 5.16 Å². The smallest absolute Gasteiger partial charge is 0.355 e. The number of nitrogens with zero attached hydrogens (tertiary/aromatic N) is 8. The van der Waals surface area contributed by atoms with Gasteiger partial charge < -0.3 is 30.9 Å². The standard InChI is InChI=1S/C27H26N10O8S3/c1-2-8-44-32-16(24(40)41)9-36-27(31-34-35-36)48-12-15-11-46-23-19(22(39)37(23)20(15)25(42)43)30-21(38)18(17-13-47-26(28)29-17)33-45-10-14-6-4-3-5-7-14/h2-7,13,19,23H,1,8-12H2,(H2,28,29)(H,30,38)(H,40,41)(H,42,43)/t19?,23-/m1/s1. The van der Waals surface area contributed by atoms with E-state index in [1.54, 1.807) is 0 Å². The molecule has 3 aromatic rings. The monoisotopic (exact) mass is 714 g/mol. The number of hydrogen-bond acceptors (Lipinski definition) is 16. The number of nitrogens with one attached hydrogen (secondary N) is 1. The number of anilines is 1. The van der Waals surface area contributed by atoms with Crippen LogP contribution in [0.1, 0.15) is 11.3 Å². The summed E-state index contributed by atoms with van der Waals surface area (Å²) in [6.45, 7) is 3.21. The predicted octanol–water partition coefficient (Wildman–Crippen LogP) is 0.807. The number of aromatic nitrogens is 5. The Hall–Kier alpha value is -5.28. The average Bonchev–Trinajstić information content (AvgIpc) is 3.72. The van der Waals surface area contributed by atoms with Gasteiger partial charge >= 0.3 is 11.9 Å². The van der Waals surface area contributed by atoms with E-state index in [2.05, 4.69) is 42.7 Å². The molecule has 2 amide bonds. The second-order valence-electron chi connectivity index (χ2n) is 9.72. The van der Waals surface area contributed by atoms with Gasteiger partial charge in [0.1, 0.15) is 36.0 Å². The fraction of sp³-hybridized carbons (Fsp3) is 0.259. The number of carboxylic acids is 2. The highest BCUT2D eigenvalue weighted by atomic mass is 32.2. The van der Waals surface area contributed by atoms with Crippen molar-refractivity contribution in [3.05, 3.63) is 70.9 Å². The molecule has 18 nitrogen and oxygen atoms in total. The quantitative estimate of drug-likeness (QED) is 0.0400. The zero-order valence-electron chi connectivity index (χ0n) is 24.7. The van der Waals surface area contributed by atoms with Crippen LogP contribution in [0, 0.1) is 0 Å². The minimum absolute atomic E-state index is 0.00260. The lowest BCUT2D eigenvalue weighted by atomic mass is 10.0. The van der Waals surface area contributed by atoms with E-state index >= 15 is 0 Å². The third kappa shape index (κ3) is 7.81. The van der Waals surface area contributed by atoms with Crippen molar-refractivity contribution in [2.24, 2.45) is 10.3 Å². The van der Waals surface area contributed by atoms with E-state index in [0.717, 1.165) is 33.6 Å². The van der Waals surface area contributed by atoms with Crippen LogP contribution in [0.5, 0.6) is 0 Å². The molecule has 1 saturated heterocycles. The zero-order chi connectivity index (χ0) is 34.2. The van der Waals surface area contributed by atoms with E-state index in [1.165, 1.54) is 27.9 Å². The molecule has 2 aliphatic rings. The Morgan fingerprint density at radius 1 is 1.21 bits per heavy atom. The number of thiazole rings is 1. The van der Waals surface area contributed by atoms with E-state index in [1.807, 2.05) is 30.3 Å². The Morgan fingerprint density at radius 3 is 2.69 bits per heavy atom. The summed E-state index contributed by atoms with van der Waals surface area (Å²) in [7, 11) is 0. The second-order valence-corrected chi connectivity index (χ2v) is 12.7. The van der Waals surface area contributed by atoms with Crippen LogP contribution in [-0.4, -0.2) is 105 Å². The highest BCUT2D eigenvalue weighted by Gasteiger charge is 2.54. The summed E-state index contributed by atoms with van der Waals surface area (Å²) in [6.07, 6.45) is 1.40. The highest BCUT2D eigenvalue weighted by molar-refractivity contribution is 8.01. The first-order valence-corrected chi connectivity index (χ1v) is 16.7. The van der Waals surface area contributed by atoms with Crippen molar-refractivity contribution in [3.63, 3.8) is 0 Å². The number of carbonyl (C=O) groups is 4. The molecule has 5 rings (SSSR count). The van der Waals surface area contributed by atoms with Gasteiger partial charge in [0.15, 0.2) is 16.6 Å². The molecule has 1 unspecified atom stereocenters. The van der Waals surface area contributed by atoms with Gasteiger partial charge in [0, 0.05) is 16.9 Å². The Kier molecular flexibility index (Phi) is 11.0. The predicted molar refractivity (Wildman–Crippen MR) is 174 cm³/mol. The van der Waals surface area contributed by atoms with Crippen LogP contribution < -0.4 is 11.1 Å². The lowest BCUT2D eigenvalue weighted by Crippen LogP contribution is -2.71. The lowest BCUT2D eigenvalue weighted by Gasteiger charge is -2.49. The maximum atomic E-state index is 13.4. The van der Waals surface area contributed by atoms with Crippen molar-refractivity contribution in [2.75, 3.05) is 23.8 Å². The van der Waals surface area contributed by atoms with E-state index < -0.39 is 35.2 Å². The van der Waals surface area contributed by atoms with E-state index in [0.29, 0.717) is 5.57 Å². The first kappa shape index (κ1) is 34.1. The summed E-state index contributed by atoms with van der Waals surface area (Å²) in [5, 5.41) is 42.2. The average molecular weight is 715 g/mol. The number of benzene rings is 1. The number of tetrazole rings is 1. The molecule has 2 atom stereocenters. The van der Waals surface area contributed by atoms with Crippen LogP contribution in [0.4, 0.5) is 5.13 Å².